The molecule has 0 amide bonds. The van der Waals surface area contributed by atoms with Crippen LogP contribution in [0.15, 0.2) is 59.6 Å². The fourth-order valence-electron chi connectivity index (χ4n) is 3.62. The van der Waals surface area contributed by atoms with Crippen molar-refractivity contribution in [2.75, 3.05) is 10.6 Å². The normalized spacial score (nSPS) is 13.6. The van der Waals surface area contributed by atoms with Crippen molar-refractivity contribution in [2.24, 2.45) is 4.99 Å². The van der Waals surface area contributed by atoms with Crippen molar-refractivity contribution < 1.29 is 0 Å². The number of nitrogens with zero attached hydrogens (tertiary/aromatic N) is 3. The minimum Gasteiger partial charge on any atom is -0.331 e. The number of aromatic nitrogens is 2. The van der Waals surface area contributed by atoms with Crippen LogP contribution >= 0.6 is 23.8 Å². The van der Waals surface area contributed by atoms with E-state index in [0.29, 0.717) is 22.0 Å². The minimum absolute atomic E-state index is 0.0985. The molecule has 4 rings (SSSR count). The Morgan fingerprint density at radius 1 is 0.968 bits per heavy atom. The molecule has 1 aliphatic rings. The molecule has 6 nitrogen and oxygen atoms in total. The third-order valence-electron chi connectivity index (χ3n) is 4.91. The summed E-state index contributed by atoms with van der Waals surface area (Å²) >= 11 is 11.8. The summed E-state index contributed by atoms with van der Waals surface area (Å²) < 4.78 is 0. The van der Waals surface area contributed by atoms with Crippen molar-refractivity contribution >= 4 is 46.5 Å². The average molecular weight is 451 g/mol. The first-order chi connectivity index (χ1) is 15.0. The van der Waals surface area contributed by atoms with Crippen molar-refractivity contribution in [2.45, 2.75) is 32.7 Å². The van der Waals surface area contributed by atoms with Crippen LogP contribution in [0, 0.1) is 13.8 Å². The van der Waals surface area contributed by atoms with Gasteiger partial charge in [0, 0.05) is 11.4 Å². The molecule has 0 radical (unpaired) electrons. The zero-order chi connectivity index (χ0) is 21.8. The number of nitrogens with one attached hydrogen (secondary N) is 3. The summed E-state index contributed by atoms with van der Waals surface area (Å²) in [5.41, 5.74) is 5.13. The highest BCUT2D eigenvalue weighted by atomic mass is 35.5. The van der Waals surface area contributed by atoms with E-state index in [1.165, 1.54) is 11.1 Å². The summed E-state index contributed by atoms with van der Waals surface area (Å²) in [6, 6.07) is 17.9. The quantitative estimate of drug-likeness (QED) is 0.306. The molecule has 0 bridgehead atoms. The molecule has 0 spiro atoms. The number of guanidine groups is 1. The molecule has 1 heterocycles. The summed E-state index contributed by atoms with van der Waals surface area (Å²) in [5, 5.41) is 10.4. The number of fused-ring (bicyclic) bond motifs is 1. The van der Waals surface area contributed by atoms with Gasteiger partial charge in [0.2, 0.25) is 11.9 Å². The summed E-state index contributed by atoms with van der Waals surface area (Å²) in [4.78, 5) is 13.8. The van der Waals surface area contributed by atoms with Gasteiger partial charge in [0.05, 0.1) is 16.8 Å². The maximum absolute atomic E-state index is 6.24. The summed E-state index contributed by atoms with van der Waals surface area (Å²) in [7, 11) is 0. The molecule has 8 heteroatoms. The topological polar surface area (TPSA) is 74.2 Å². The third-order valence-corrected chi connectivity index (χ3v) is 5.44. The molecular weight excluding hydrogens is 428 g/mol. The molecule has 0 saturated carbocycles. The van der Waals surface area contributed by atoms with E-state index in [0.717, 1.165) is 29.9 Å². The molecule has 0 aliphatic heterocycles. The summed E-state index contributed by atoms with van der Waals surface area (Å²) in [6.45, 7) is 3.86. The van der Waals surface area contributed by atoms with E-state index in [1.54, 1.807) is 6.07 Å². The van der Waals surface area contributed by atoms with Gasteiger partial charge in [-0.3, -0.25) is 5.32 Å². The van der Waals surface area contributed by atoms with Crippen LogP contribution in [0.3, 0.4) is 0 Å². The summed E-state index contributed by atoms with van der Waals surface area (Å²) in [6.07, 6.45) is 1.75. The van der Waals surface area contributed by atoms with E-state index < -0.39 is 0 Å². The van der Waals surface area contributed by atoms with Gasteiger partial charge in [-0.1, -0.05) is 48.0 Å². The van der Waals surface area contributed by atoms with Gasteiger partial charge in [-0.25, -0.2) is 15.0 Å². The number of aryl methyl sites for hydroxylation is 2. The SMILES string of the molecule is Cc1cc(C)nc(NC(=NC2Cc3ccccc3C2)NC(=S)Nc2ccccc2Cl)n1. The molecule has 0 unspecified atom stereocenters. The Morgan fingerprint density at radius 2 is 1.58 bits per heavy atom. The fraction of sp³-hybridized carbons (Fsp3) is 0.217. The first kappa shape index (κ1) is 21.2. The van der Waals surface area contributed by atoms with Crippen molar-refractivity contribution in [3.05, 3.63) is 82.1 Å². The Kier molecular flexibility index (Phi) is 6.44. The van der Waals surface area contributed by atoms with Gasteiger partial charge < -0.3 is 10.6 Å². The Hall–Kier alpha value is -3.03. The van der Waals surface area contributed by atoms with E-state index >= 15 is 0 Å². The predicted molar refractivity (Wildman–Crippen MR) is 131 cm³/mol. The van der Waals surface area contributed by atoms with Crippen LogP contribution in [0.2, 0.25) is 5.02 Å². The predicted octanol–water partition coefficient (Wildman–Crippen LogP) is 4.67. The number of anilines is 2. The summed E-state index contributed by atoms with van der Waals surface area (Å²) in [5.74, 6) is 0.965. The second-order valence-electron chi connectivity index (χ2n) is 7.47. The van der Waals surface area contributed by atoms with E-state index in [2.05, 4.69) is 50.2 Å². The molecule has 2 aromatic carbocycles. The Balaban J connectivity index is 1.55. The number of rotatable bonds is 3. The maximum Gasteiger partial charge on any atom is 0.229 e. The number of thiocarbonyl (C=S) groups is 1. The number of aliphatic imine (C=N–C) groups is 1. The van der Waals surface area contributed by atoms with Crippen molar-refractivity contribution in [3.8, 4) is 0 Å². The van der Waals surface area contributed by atoms with E-state index in [-0.39, 0.29) is 6.04 Å². The Labute approximate surface area is 192 Å². The zero-order valence-electron chi connectivity index (χ0n) is 17.3. The highest BCUT2D eigenvalue weighted by molar-refractivity contribution is 7.80. The average Bonchev–Trinajstić information content (AvgIpc) is 3.11. The number of benzene rings is 2. The number of hydrogen-bond donors (Lipinski definition) is 3. The van der Waals surface area contributed by atoms with Crippen LogP contribution < -0.4 is 16.0 Å². The molecule has 0 saturated heterocycles. The number of hydrogen-bond acceptors (Lipinski definition) is 4. The second kappa shape index (κ2) is 9.41. The standard InChI is InChI=1S/C23H23ClN6S/c1-14-11-15(2)26-21(25-14)29-22(27-18-12-16-7-3-4-8-17(16)13-18)30-23(31)28-20-10-6-5-9-19(20)24/h3-11,18H,12-13H2,1-2H3,(H3,25,26,27,28,29,30,31). The number of para-hydroxylation sites is 1. The maximum atomic E-state index is 6.24. The van der Waals surface area contributed by atoms with Gasteiger partial charge in [-0.2, -0.15) is 0 Å². The molecule has 0 fully saturated rings. The monoisotopic (exact) mass is 450 g/mol. The first-order valence-corrected chi connectivity index (χ1v) is 10.8. The molecule has 158 valence electrons. The van der Waals surface area contributed by atoms with Gasteiger partial charge in [0.25, 0.3) is 0 Å². The molecular formula is C23H23ClN6S. The van der Waals surface area contributed by atoms with Crippen molar-refractivity contribution in [3.63, 3.8) is 0 Å². The number of halogens is 1. The van der Waals surface area contributed by atoms with Crippen molar-refractivity contribution in [1.29, 1.82) is 0 Å². The van der Waals surface area contributed by atoms with E-state index in [1.807, 2.05) is 38.1 Å². The van der Waals surface area contributed by atoms with Crippen LogP contribution in [0.25, 0.3) is 0 Å². The molecule has 3 aromatic rings. The third kappa shape index (κ3) is 5.57. The smallest absolute Gasteiger partial charge is 0.229 e. The zero-order valence-corrected chi connectivity index (χ0v) is 18.9. The van der Waals surface area contributed by atoms with Gasteiger partial charge in [-0.05, 0) is 68.2 Å². The first-order valence-electron chi connectivity index (χ1n) is 10.0. The van der Waals surface area contributed by atoms with Crippen molar-refractivity contribution in [1.82, 2.24) is 15.3 Å². The Morgan fingerprint density at radius 3 is 2.23 bits per heavy atom. The van der Waals surface area contributed by atoms with Gasteiger partial charge >= 0.3 is 0 Å². The largest absolute Gasteiger partial charge is 0.331 e. The lowest BCUT2D eigenvalue weighted by Gasteiger charge is -2.16. The Bertz CT molecular complexity index is 1100. The lowest BCUT2D eigenvalue weighted by molar-refractivity contribution is 0.720. The fourth-order valence-corrected chi connectivity index (χ4v) is 4.01. The van der Waals surface area contributed by atoms with Crippen LogP contribution in [-0.4, -0.2) is 27.1 Å². The van der Waals surface area contributed by atoms with Crippen LogP contribution in [0.5, 0.6) is 0 Å². The molecule has 0 atom stereocenters. The highest BCUT2D eigenvalue weighted by Gasteiger charge is 2.21. The lowest BCUT2D eigenvalue weighted by atomic mass is 10.1. The van der Waals surface area contributed by atoms with Crippen LogP contribution in [-0.2, 0) is 12.8 Å². The highest BCUT2D eigenvalue weighted by Crippen LogP contribution is 2.24. The van der Waals surface area contributed by atoms with E-state index in [9.17, 15) is 0 Å². The second-order valence-corrected chi connectivity index (χ2v) is 8.28. The van der Waals surface area contributed by atoms with Gasteiger partial charge in [-0.15, -0.1) is 0 Å². The van der Waals surface area contributed by atoms with Crippen LogP contribution in [0.1, 0.15) is 22.5 Å². The van der Waals surface area contributed by atoms with Gasteiger partial charge in [0.1, 0.15) is 0 Å². The van der Waals surface area contributed by atoms with E-state index in [4.69, 9.17) is 28.8 Å². The molecule has 1 aromatic heterocycles. The van der Waals surface area contributed by atoms with Gasteiger partial charge in [0.15, 0.2) is 5.11 Å². The molecule has 1 aliphatic carbocycles. The lowest BCUT2D eigenvalue weighted by Crippen LogP contribution is -2.40. The minimum atomic E-state index is 0.0985. The molecule has 31 heavy (non-hydrogen) atoms. The van der Waals surface area contributed by atoms with Crippen LogP contribution in [0.4, 0.5) is 11.6 Å². The molecule has 3 N–H and O–H groups in total.